The third kappa shape index (κ3) is 8.20. The van der Waals surface area contributed by atoms with Gasteiger partial charge in [0.2, 0.25) is 18.0 Å². The monoisotopic (exact) mass is 572 g/mol. The van der Waals surface area contributed by atoms with Crippen molar-refractivity contribution in [3.05, 3.63) is 59.7 Å². The highest BCUT2D eigenvalue weighted by Crippen LogP contribution is 2.33. The molecule has 0 bridgehead atoms. The fraction of sp³-hybridized carbons (Fsp3) is 0.385. The molecule has 4 N–H and O–H groups in total. The molecule has 1 aliphatic heterocycles. The Morgan fingerprint density at radius 3 is 2.15 bits per heavy atom. The number of methoxy groups -OCH3 is 1. The number of nitrogens with one attached hydrogen (secondary N) is 2. The molecule has 216 valence electrons. The Kier molecular flexibility index (Phi) is 9.43. The molecule has 2 aromatic carbocycles. The molecule has 8 nitrogen and oxygen atoms in total. The number of ether oxygens (including phenoxy) is 1. The fourth-order valence-electron chi connectivity index (χ4n) is 4.27. The van der Waals surface area contributed by atoms with Gasteiger partial charge in [0.1, 0.15) is 5.75 Å². The van der Waals surface area contributed by atoms with Crippen LogP contribution in [0.4, 0.5) is 32.0 Å². The predicted molar refractivity (Wildman–Crippen MR) is 132 cm³/mol. The van der Waals surface area contributed by atoms with Crippen LogP contribution in [0.15, 0.2) is 53.5 Å². The topological polar surface area (TPSA) is 123 Å². The molecule has 1 heterocycles. The summed E-state index contributed by atoms with van der Waals surface area (Å²) in [5, 5.41) is 4.79. The van der Waals surface area contributed by atoms with E-state index >= 15 is 0 Å². The Morgan fingerprint density at radius 1 is 1.00 bits per heavy atom. The van der Waals surface area contributed by atoms with E-state index in [-0.39, 0.29) is 5.71 Å². The second-order valence-corrected chi connectivity index (χ2v) is 9.08. The summed E-state index contributed by atoms with van der Waals surface area (Å²) in [6, 6.07) is 13.1. The zero-order chi connectivity index (χ0) is 29.7. The molecule has 14 heteroatoms. The maximum atomic E-state index is 13.2. The minimum absolute atomic E-state index is 0.216. The summed E-state index contributed by atoms with van der Waals surface area (Å²) in [4.78, 5) is 42.7. The molecular formula is C26H26F6N4O4. The highest BCUT2D eigenvalue weighted by atomic mass is 19.4. The van der Waals surface area contributed by atoms with Crippen LogP contribution in [0.2, 0.25) is 0 Å². The molecule has 0 saturated carbocycles. The number of anilines is 1. The quantitative estimate of drug-likeness (QED) is 0.367. The van der Waals surface area contributed by atoms with Gasteiger partial charge in [0.15, 0.2) is 0 Å². The summed E-state index contributed by atoms with van der Waals surface area (Å²) in [5.74, 6) is -6.88. The number of nitrogens with two attached hydrogens (primary N) is 1. The molecule has 0 aliphatic carbocycles. The summed E-state index contributed by atoms with van der Waals surface area (Å²) in [6.07, 6.45) is -16.4. The van der Waals surface area contributed by atoms with E-state index in [4.69, 9.17) is 10.5 Å². The highest BCUT2D eigenvalue weighted by molar-refractivity contribution is 6.20. The Bertz CT molecular complexity index is 1260. The van der Waals surface area contributed by atoms with Gasteiger partial charge in [-0.05, 0) is 31.0 Å². The number of primary amides is 1. The van der Waals surface area contributed by atoms with Crippen molar-refractivity contribution in [1.82, 2.24) is 5.32 Å². The number of aliphatic imine (C=N–C) groups is 1. The van der Waals surface area contributed by atoms with E-state index in [1.165, 1.54) is 13.2 Å². The SMILES string of the molecule is COc1ccc2c(c1)C(c1ccccc1)=N[C@H](NC(=O)[C@@H](CCC(F)(F)F)[C@@H](CCC(F)(F)F)C(N)=O)C(=O)N2. The van der Waals surface area contributed by atoms with E-state index in [1.54, 1.807) is 42.5 Å². The molecule has 0 radical (unpaired) electrons. The molecule has 2 aromatic rings. The number of benzene rings is 2. The van der Waals surface area contributed by atoms with Crippen LogP contribution in [0.25, 0.3) is 0 Å². The lowest BCUT2D eigenvalue weighted by Crippen LogP contribution is -2.48. The van der Waals surface area contributed by atoms with Crippen LogP contribution in [0, 0.1) is 11.8 Å². The molecule has 0 fully saturated rings. The van der Waals surface area contributed by atoms with E-state index in [2.05, 4.69) is 15.6 Å². The molecule has 40 heavy (non-hydrogen) atoms. The third-order valence-corrected chi connectivity index (χ3v) is 6.24. The Balaban J connectivity index is 2.00. The smallest absolute Gasteiger partial charge is 0.389 e. The summed E-state index contributed by atoms with van der Waals surface area (Å²) < 4.78 is 82.9. The number of carbonyl (C=O) groups excluding carboxylic acids is 3. The number of halogens is 6. The minimum Gasteiger partial charge on any atom is -0.497 e. The maximum Gasteiger partial charge on any atom is 0.389 e. The number of alkyl halides is 6. The second-order valence-electron chi connectivity index (χ2n) is 9.08. The van der Waals surface area contributed by atoms with E-state index in [0.717, 1.165) is 0 Å². The fourth-order valence-corrected chi connectivity index (χ4v) is 4.27. The molecule has 0 spiro atoms. The van der Waals surface area contributed by atoms with Crippen LogP contribution in [-0.2, 0) is 14.4 Å². The lowest BCUT2D eigenvalue weighted by atomic mass is 9.83. The number of hydrogen-bond acceptors (Lipinski definition) is 5. The van der Waals surface area contributed by atoms with Crippen LogP contribution in [0.1, 0.15) is 36.8 Å². The van der Waals surface area contributed by atoms with Crippen molar-refractivity contribution in [3.63, 3.8) is 0 Å². The first kappa shape index (κ1) is 30.4. The lowest BCUT2D eigenvalue weighted by molar-refractivity contribution is -0.152. The average Bonchev–Trinajstić information content (AvgIpc) is 3.00. The predicted octanol–water partition coefficient (Wildman–Crippen LogP) is 4.33. The van der Waals surface area contributed by atoms with Crippen molar-refractivity contribution >= 4 is 29.1 Å². The largest absolute Gasteiger partial charge is 0.497 e. The van der Waals surface area contributed by atoms with Crippen LogP contribution >= 0.6 is 0 Å². The van der Waals surface area contributed by atoms with Gasteiger partial charge in [-0.15, -0.1) is 0 Å². The van der Waals surface area contributed by atoms with E-state index < -0.39 is 73.8 Å². The van der Waals surface area contributed by atoms with E-state index in [1.807, 2.05) is 0 Å². The summed E-state index contributed by atoms with van der Waals surface area (Å²) >= 11 is 0. The Hall–Kier alpha value is -4.10. The van der Waals surface area contributed by atoms with Crippen LogP contribution < -0.4 is 21.1 Å². The number of benzodiazepines with no additional fused rings is 1. The molecule has 0 unspecified atom stereocenters. The van der Waals surface area contributed by atoms with Gasteiger partial charge in [0.05, 0.1) is 18.5 Å². The van der Waals surface area contributed by atoms with Crippen molar-refractivity contribution in [2.75, 3.05) is 12.4 Å². The molecule has 0 aromatic heterocycles. The molecule has 3 amide bonds. The molecule has 3 rings (SSSR count). The van der Waals surface area contributed by atoms with Gasteiger partial charge >= 0.3 is 12.4 Å². The van der Waals surface area contributed by atoms with Crippen LogP contribution in [-0.4, -0.2) is 49.1 Å². The normalized spacial score (nSPS) is 17.0. The molecule has 0 saturated heterocycles. The summed E-state index contributed by atoms with van der Waals surface area (Å²) in [7, 11) is 1.42. The van der Waals surface area contributed by atoms with Crippen molar-refractivity contribution in [2.24, 2.45) is 22.6 Å². The van der Waals surface area contributed by atoms with Crippen molar-refractivity contribution < 1.29 is 45.5 Å². The standard InChI is InChI=1S/C26H26F6N4O4/c1-40-15-7-8-19-18(13-15)20(14-5-3-2-4-6-14)35-22(24(39)34-19)36-23(38)17(10-12-26(30,31)32)16(21(33)37)9-11-25(27,28)29/h2-8,13,16-17,22H,9-12H2,1H3,(H2,33,37)(H,34,39)(H,36,38)/t16-,17+,22-/m1/s1. The van der Waals surface area contributed by atoms with Gasteiger partial charge in [0, 0.05) is 35.8 Å². The van der Waals surface area contributed by atoms with Crippen molar-refractivity contribution in [2.45, 2.75) is 44.2 Å². The minimum atomic E-state index is -4.77. The number of rotatable bonds is 10. The highest BCUT2D eigenvalue weighted by Gasteiger charge is 2.40. The average molecular weight is 573 g/mol. The number of amides is 3. The van der Waals surface area contributed by atoms with Gasteiger partial charge in [-0.25, -0.2) is 4.99 Å². The van der Waals surface area contributed by atoms with E-state index in [0.29, 0.717) is 22.6 Å². The van der Waals surface area contributed by atoms with Gasteiger partial charge in [-0.2, -0.15) is 26.3 Å². The van der Waals surface area contributed by atoms with Gasteiger partial charge in [0.25, 0.3) is 5.91 Å². The molecular weight excluding hydrogens is 546 g/mol. The first-order valence-electron chi connectivity index (χ1n) is 12.0. The molecule has 3 atom stereocenters. The van der Waals surface area contributed by atoms with Gasteiger partial charge in [-0.1, -0.05) is 30.3 Å². The van der Waals surface area contributed by atoms with Crippen molar-refractivity contribution in [3.8, 4) is 5.75 Å². The van der Waals surface area contributed by atoms with Crippen molar-refractivity contribution in [1.29, 1.82) is 0 Å². The van der Waals surface area contributed by atoms with Gasteiger partial charge < -0.3 is 21.1 Å². The van der Waals surface area contributed by atoms with Crippen LogP contribution in [0.5, 0.6) is 5.75 Å². The van der Waals surface area contributed by atoms with Gasteiger partial charge in [-0.3, -0.25) is 14.4 Å². The maximum absolute atomic E-state index is 13.2. The summed E-state index contributed by atoms with van der Waals surface area (Å²) in [6.45, 7) is 0. The zero-order valence-electron chi connectivity index (χ0n) is 21.1. The number of hydrogen-bond donors (Lipinski definition) is 3. The second kappa shape index (κ2) is 12.4. The molecule has 1 aliphatic rings. The number of carbonyl (C=O) groups is 3. The third-order valence-electron chi connectivity index (χ3n) is 6.24. The first-order chi connectivity index (χ1) is 18.7. The zero-order valence-corrected chi connectivity index (χ0v) is 21.1. The van der Waals surface area contributed by atoms with Crippen LogP contribution in [0.3, 0.4) is 0 Å². The Morgan fingerprint density at radius 2 is 1.60 bits per heavy atom. The first-order valence-corrected chi connectivity index (χ1v) is 12.0. The lowest BCUT2D eigenvalue weighted by Gasteiger charge is -2.26. The summed E-state index contributed by atoms with van der Waals surface area (Å²) in [5.41, 5.74) is 6.66. The Labute approximate surface area is 225 Å². The van der Waals surface area contributed by atoms with E-state index in [9.17, 15) is 40.7 Å². The number of fused-ring (bicyclic) bond motifs is 1. The number of nitrogens with zero attached hydrogens (tertiary/aromatic N) is 1.